The number of Topliss-reactive ketones (excluding diaryl/α,β-unsaturated/α-hetero) is 1. The van der Waals surface area contributed by atoms with Gasteiger partial charge in [0, 0.05) is 24.3 Å². The summed E-state index contributed by atoms with van der Waals surface area (Å²) in [6.45, 7) is 12.0. The fourth-order valence-corrected chi connectivity index (χ4v) is 5.82. The highest BCUT2D eigenvalue weighted by molar-refractivity contribution is 7.09. The summed E-state index contributed by atoms with van der Waals surface area (Å²) in [6.07, 6.45) is 4.35. The van der Waals surface area contributed by atoms with E-state index < -0.39 is 23.6 Å². The maximum absolute atomic E-state index is 13.2. The maximum Gasteiger partial charge on any atom is 0.309 e. The Labute approximate surface area is 213 Å². The predicted octanol–water partition coefficient (Wildman–Crippen LogP) is 4.66. The molecule has 1 aromatic heterocycles. The van der Waals surface area contributed by atoms with Crippen LogP contribution in [0, 0.1) is 17.3 Å². The van der Waals surface area contributed by atoms with E-state index in [1.165, 1.54) is 11.3 Å². The Kier molecular flexibility index (Phi) is 8.95. The van der Waals surface area contributed by atoms with Crippen LogP contribution in [0.15, 0.2) is 11.0 Å². The van der Waals surface area contributed by atoms with Crippen molar-refractivity contribution in [2.24, 2.45) is 23.0 Å². The van der Waals surface area contributed by atoms with E-state index in [9.17, 15) is 14.7 Å². The molecular weight excluding hydrogens is 464 g/mol. The molecule has 35 heavy (non-hydrogen) atoms. The molecule has 0 amide bonds. The van der Waals surface area contributed by atoms with E-state index in [2.05, 4.69) is 18.8 Å². The lowest BCUT2D eigenvalue weighted by molar-refractivity contribution is -0.153. The molecule has 0 radical (unpaired) electrons. The van der Waals surface area contributed by atoms with E-state index in [0.29, 0.717) is 18.9 Å². The number of thiazole rings is 1. The van der Waals surface area contributed by atoms with Gasteiger partial charge in [0.1, 0.15) is 16.9 Å². The Bertz CT molecular complexity index is 942. The third-order valence-electron chi connectivity index (χ3n) is 7.77. The molecule has 3 rings (SSSR count). The SMILES string of the molecule is C/C(=C\c1csc(CN)n1)[C@@H]1C[C@@H]2O[C@]2(C)CCC[C@H](C)C[C@@H](C)C(=O)C(C)(C)[C@@H](O)CC(=O)O1. The van der Waals surface area contributed by atoms with Gasteiger partial charge in [0.05, 0.1) is 35.3 Å². The van der Waals surface area contributed by atoms with Gasteiger partial charge < -0.3 is 20.3 Å². The van der Waals surface area contributed by atoms with Crippen LogP contribution in [-0.2, 0) is 25.6 Å². The number of aromatic nitrogens is 1. The number of carbonyl (C=O) groups is 2. The molecule has 196 valence electrons. The fourth-order valence-electron chi connectivity index (χ4n) is 5.19. The second-order valence-corrected chi connectivity index (χ2v) is 12.3. The number of aliphatic hydroxyl groups excluding tert-OH is 1. The molecule has 2 aliphatic heterocycles. The number of aliphatic hydroxyl groups is 1. The first kappa shape index (κ1) is 28.0. The number of nitrogens with two attached hydrogens (primary N) is 1. The minimum atomic E-state index is -1.12. The number of ether oxygens (including phenoxy) is 2. The highest BCUT2D eigenvalue weighted by Crippen LogP contribution is 2.45. The fraction of sp³-hybridized carbons (Fsp3) is 0.741. The summed E-state index contributed by atoms with van der Waals surface area (Å²) in [7, 11) is 0. The van der Waals surface area contributed by atoms with Crippen LogP contribution in [0.2, 0.25) is 0 Å². The molecule has 0 saturated carbocycles. The summed E-state index contributed by atoms with van der Waals surface area (Å²) in [5.41, 5.74) is 6.07. The second kappa shape index (κ2) is 11.2. The number of esters is 1. The van der Waals surface area contributed by atoms with Crippen LogP contribution >= 0.6 is 11.3 Å². The van der Waals surface area contributed by atoms with Gasteiger partial charge in [0.15, 0.2) is 0 Å². The van der Waals surface area contributed by atoms with Gasteiger partial charge in [-0.3, -0.25) is 9.59 Å². The third kappa shape index (κ3) is 7.00. The number of cyclic esters (lactones) is 1. The standard InChI is InChI=1S/C27H42N2O5S/c1-16-8-7-9-27(6)22(34-27)12-20(17(2)11-19-15-35-23(14-28)29-19)33-24(31)13-21(30)26(4,5)25(32)18(3)10-16/h11,15-16,18,20-22,30H,7-10,12-14,28H2,1-6H3/b17-11+/t16-,18+,20-,21-,22-,27+/m0/s1. The first-order chi connectivity index (χ1) is 16.4. The number of epoxide rings is 1. The number of nitrogens with zero attached hydrogens (tertiary/aromatic N) is 1. The number of rotatable bonds is 3. The maximum atomic E-state index is 13.2. The molecule has 2 fully saturated rings. The van der Waals surface area contributed by atoms with E-state index >= 15 is 0 Å². The van der Waals surface area contributed by atoms with Gasteiger partial charge in [-0.2, -0.15) is 0 Å². The van der Waals surface area contributed by atoms with Crippen LogP contribution in [-0.4, -0.2) is 45.8 Å². The van der Waals surface area contributed by atoms with Gasteiger partial charge in [0.25, 0.3) is 0 Å². The third-order valence-corrected chi connectivity index (χ3v) is 8.66. The van der Waals surface area contributed by atoms with Gasteiger partial charge in [-0.25, -0.2) is 4.98 Å². The van der Waals surface area contributed by atoms with Crippen molar-refractivity contribution >= 4 is 29.2 Å². The van der Waals surface area contributed by atoms with Crippen molar-refractivity contribution in [1.82, 2.24) is 4.98 Å². The summed E-state index contributed by atoms with van der Waals surface area (Å²) in [5, 5.41) is 13.7. The zero-order valence-corrected chi connectivity index (χ0v) is 22.8. The zero-order chi connectivity index (χ0) is 26.0. The molecule has 0 unspecified atom stereocenters. The van der Waals surface area contributed by atoms with Crippen molar-refractivity contribution in [3.8, 4) is 0 Å². The molecule has 3 heterocycles. The largest absolute Gasteiger partial charge is 0.458 e. The highest BCUT2D eigenvalue weighted by atomic mass is 32.1. The quantitative estimate of drug-likeness (QED) is 0.453. The van der Waals surface area contributed by atoms with Crippen LogP contribution < -0.4 is 5.73 Å². The average molecular weight is 507 g/mol. The van der Waals surface area contributed by atoms with Crippen LogP contribution in [0.4, 0.5) is 0 Å². The molecule has 8 heteroatoms. The smallest absolute Gasteiger partial charge is 0.309 e. The minimum absolute atomic E-state index is 0.00349. The van der Waals surface area contributed by atoms with Gasteiger partial charge >= 0.3 is 5.97 Å². The summed E-state index contributed by atoms with van der Waals surface area (Å²) in [5.74, 6) is -0.322. The molecular formula is C27H42N2O5S. The molecule has 6 atom stereocenters. The lowest BCUT2D eigenvalue weighted by atomic mass is 9.74. The summed E-state index contributed by atoms with van der Waals surface area (Å²) < 4.78 is 12.0. The number of carbonyl (C=O) groups excluding carboxylic acids is 2. The summed E-state index contributed by atoms with van der Waals surface area (Å²) >= 11 is 1.50. The van der Waals surface area contributed by atoms with E-state index in [4.69, 9.17) is 15.2 Å². The first-order valence-electron chi connectivity index (χ1n) is 12.8. The average Bonchev–Trinajstić information content (AvgIpc) is 3.19. The Balaban J connectivity index is 1.83. The number of hydrogen-bond acceptors (Lipinski definition) is 8. The lowest BCUT2D eigenvalue weighted by Gasteiger charge is -2.32. The molecule has 0 aromatic carbocycles. The molecule has 2 aliphatic rings. The van der Waals surface area contributed by atoms with Gasteiger partial charge in [-0.1, -0.05) is 40.5 Å². The van der Waals surface area contributed by atoms with Crippen LogP contribution in [0.25, 0.3) is 6.08 Å². The Morgan fingerprint density at radius 2 is 2.00 bits per heavy atom. The topological polar surface area (TPSA) is 115 Å². The number of hydrogen-bond donors (Lipinski definition) is 2. The van der Waals surface area contributed by atoms with E-state index in [1.807, 2.05) is 25.3 Å². The van der Waals surface area contributed by atoms with Crippen LogP contribution in [0.5, 0.6) is 0 Å². The van der Waals surface area contributed by atoms with Crippen molar-refractivity contribution < 1.29 is 24.2 Å². The van der Waals surface area contributed by atoms with Gasteiger partial charge in [-0.05, 0) is 44.3 Å². The Morgan fingerprint density at radius 1 is 1.29 bits per heavy atom. The van der Waals surface area contributed by atoms with Crippen LogP contribution in [0.1, 0.15) is 90.8 Å². The Morgan fingerprint density at radius 3 is 2.66 bits per heavy atom. The lowest BCUT2D eigenvalue weighted by Crippen LogP contribution is -2.42. The summed E-state index contributed by atoms with van der Waals surface area (Å²) in [4.78, 5) is 30.6. The second-order valence-electron chi connectivity index (χ2n) is 11.3. The molecule has 7 nitrogen and oxygen atoms in total. The van der Waals surface area contributed by atoms with Crippen molar-refractivity contribution in [1.29, 1.82) is 0 Å². The monoisotopic (exact) mass is 506 g/mol. The molecule has 0 bridgehead atoms. The van der Waals surface area contributed by atoms with Gasteiger partial charge in [-0.15, -0.1) is 11.3 Å². The molecule has 1 aromatic rings. The van der Waals surface area contributed by atoms with Crippen LogP contribution in [0.3, 0.4) is 0 Å². The van der Waals surface area contributed by atoms with Gasteiger partial charge in [0.2, 0.25) is 0 Å². The minimum Gasteiger partial charge on any atom is -0.458 e. The van der Waals surface area contributed by atoms with Crippen molar-refractivity contribution in [3.05, 3.63) is 21.7 Å². The predicted molar refractivity (Wildman–Crippen MR) is 138 cm³/mol. The van der Waals surface area contributed by atoms with Crippen molar-refractivity contribution in [3.63, 3.8) is 0 Å². The number of ketones is 1. The molecule has 3 N–H and O–H groups in total. The van der Waals surface area contributed by atoms with E-state index in [1.54, 1.807) is 13.8 Å². The highest BCUT2D eigenvalue weighted by Gasteiger charge is 2.52. The normalized spacial score (nSPS) is 35.3. The number of fused-ring (bicyclic) bond motifs is 1. The molecule has 0 aliphatic carbocycles. The van der Waals surface area contributed by atoms with E-state index in [0.717, 1.165) is 42.0 Å². The van der Waals surface area contributed by atoms with E-state index in [-0.39, 0.29) is 29.8 Å². The Hall–Kier alpha value is -1.61. The first-order valence-corrected chi connectivity index (χ1v) is 13.7. The van der Waals surface area contributed by atoms with Crippen molar-refractivity contribution in [2.45, 2.75) is 111 Å². The van der Waals surface area contributed by atoms with Crippen molar-refractivity contribution in [2.75, 3.05) is 0 Å². The molecule has 0 spiro atoms. The molecule has 2 saturated heterocycles. The summed E-state index contributed by atoms with van der Waals surface area (Å²) in [6, 6.07) is 0. The zero-order valence-electron chi connectivity index (χ0n) is 22.0.